The van der Waals surface area contributed by atoms with Crippen molar-refractivity contribution in [1.29, 1.82) is 0 Å². The van der Waals surface area contributed by atoms with Gasteiger partial charge in [0, 0.05) is 6.07 Å². The van der Waals surface area contributed by atoms with E-state index in [1.54, 1.807) is 0 Å². The van der Waals surface area contributed by atoms with Gasteiger partial charge in [0.1, 0.15) is 0 Å². The number of benzene rings is 1. The molecule has 0 unspecified atom stereocenters. The Balaban J connectivity index is 0.00000225. The average Bonchev–Trinajstić information content (AvgIpc) is 2.14. The van der Waals surface area contributed by atoms with Crippen LogP contribution in [-0.4, -0.2) is 17.9 Å². The number of para-hydroxylation sites is 1. The summed E-state index contributed by atoms with van der Waals surface area (Å²) in [6.07, 6.45) is 0. The fourth-order valence-electron chi connectivity index (χ4n) is 0.947. The normalized spacial score (nSPS) is 10.6. The molecule has 1 aromatic carbocycles. The first-order chi connectivity index (χ1) is 6.90. The first-order valence-electron chi connectivity index (χ1n) is 3.73. The summed E-state index contributed by atoms with van der Waals surface area (Å²) >= 11 is 0. The molecule has 0 bridgehead atoms. The van der Waals surface area contributed by atoms with E-state index >= 15 is 0 Å². The van der Waals surface area contributed by atoms with Gasteiger partial charge in [-0.3, -0.25) is 14.3 Å². The molecule has 1 aromatic rings. The number of nitro benzene ring substituents is 1. The smallest absolute Gasteiger partial charge is 0.726 e. The van der Waals surface area contributed by atoms with Gasteiger partial charge in [-0.1, -0.05) is 12.1 Å². The first-order valence-corrected chi connectivity index (χ1v) is 5.06. The Morgan fingerprint density at radius 2 is 1.88 bits per heavy atom. The zero-order valence-electron chi connectivity index (χ0n) is 8.32. The van der Waals surface area contributed by atoms with Crippen molar-refractivity contribution in [3.63, 3.8) is 0 Å². The van der Waals surface area contributed by atoms with Gasteiger partial charge >= 0.3 is 29.6 Å². The van der Waals surface area contributed by atoms with Crippen molar-refractivity contribution >= 4 is 16.1 Å². The van der Waals surface area contributed by atoms with E-state index in [4.69, 9.17) is 0 Å². The second-order valence-corrected chi connectivity index (χ2v) is 3.61. The van der Waals surface area contributed by atoms with E-state index in [9.17, 15) is 23.1 Å². The third-order valence-electron chi connectivity index (χ3n) is 1.55. The number of nitrogens with zero attached hydrogens (tertiary/aromatic N) is 1. The summed E-state index contributed by atoms with van der Waals surface area (Å²) in [6, 6.07) is 5.40. The third-order valence-corrected chi connectivity index (χ3v) is 1.95. The molecule has 0 saturated heterocycles. The van der Waals surface area contributed by atoms with Crippen LogP contribution in [0, 0.1) is 10.1 Å². The zero-order chi connectivity index (χ0) is 11.5. The van der Waals surface area contributed by atoms with E-state index in [2.05, 4.69) is 4.18 Å². The Morgan fingerprint density at radius 3 is 2.38 bits per heavy atom. The Kier molecular flexibility index (Phi) is 6.08. The topological polar surface area (TPSA) is 110 Å². The van der Waals surface area contributed by atoms with Gasteiger partial charge in [0.15, 0.2) is 0 Å². The van der Waals surface area contributed by atoms with Crippen LogP contribution in [0.25, 0.3) is 0 Å². The molecule has 1 rings (SSSR count). The summed E-state index contributed by atoms with van der Waals surface area (Å²) < 4.78 is 34.3. The molecule has 0 aliphatic heterocycles. The van der Waals surface area contributed by atoms with E-state index in [-0.39, 0.29) is 40.8 Å². The fourth-order valence-corrected chi connectivity index (χ4v) is 1.22. The quantitative estimate of drug-likeness (QED) is 0.194. The van der Waals surface area contributed by atoms with E-state index in [0.29, 0.717) is 0 Å². The SMILES string of the molecule is O=[N+]([O-])c1ccccc1COS(=O)(=O)[O-].[Na+]. The van der Waals surface area contributed by atoms with E-state index in [0.717, 1.165) is 0 Å². The maximum Gasteiger partial charge on any atom is 1.00 e. The van der Waals surface area contributed by atoms with Gasteiger partial charge in [0.25, 0.3) is 5.69 Å². The van der Waals surface area contributed by atoms with Crippen LogP contribution in [-0.2, 0) is 21.2 Å². The third kappa shape index (κ3) is 5.01. The molecule has 0 radical (unpaired) electrons. The van der Waals surface area contributed by atoms with E-state index in [1.165, 1.54) is 24.3 Å². The summed E-state index contributed by atoms with van der Waals surface area (Å²) in [5, 5.41) is 10.5. The summed E-state index contributed by atoms with van der Waals surface area (Å²) in [5.41, 5.74) is -0.261. The average molecular weight is 255 g/mol. The molecule has 0 spiro atoms. The molecule has 0 aliphatic rings. The minimum Gasteiger partial charge on any atom is -0.726 e. The molecule has 0 heterocycles. The molecule has 0 aromatic heterocycles. The van der Waals surface area contributed by atoms with Crippen LogP contribution in [0.3, 0.4) is 0 Å². The van der Waals surface area contributed by atoms with Gasteiger partial charge < -0.3 is 4.55 Å². The molecule has 0 saturated carbocycles. The second kappa shape index (κ2) is 6.28. The van der Waals surface area contributed by atoms with Crippen LogP contribution in [0.15, 0.2) is 24.3 Å². The Hall–Kier alpha value is -0.510. The largest absolute Gasteiger partial charge is 1.00 e. The van der Waals surface area contributed by atoms with Gasteiger partial charge in [-0.25, -0.2) is 8.42 Å². The molecule has 0 amide bonds. The maximum absolute atomic E-state index is 10.5. The molecule has 9 heteroatoms. The molecule has 0 atom stereocenters. The van der Waals surface area contributed by atoms with Crippen LogP contribution in [0.1, 0.15) is 5.56 Å². The standard InChI is InChI=1S/C7H7NO6S.Na/c9-8(10)7-4-2-1-3-6(7)5-14-15(11,12)13;/h1-4H,5H2,(H,11,12,13);/q;+1/p-1. The van der Waals surface area contributed by atoms with Gasteiger partial charge in [0.05, 0.1) is 17.1 Å². The molecule has 16 heavy (non-hydrogen) atoms. The molecular formula is C7H6NNaO6S. The summed E-state index contributed by atoms with van der Waals surface area (Å²) in [5.74, 6) is 0. The van der Waals surface area contributed by atoms with E-state index < -0.39 is 21.9 Å². The minimum atomic E-state index is -4.84. The summed E-state index contributed by atoms with van der Waals surface area (Å²) in [7, 11) is -4.84. The maximum atomic E-state index is 10.5. The van der Waals surface area contributed by atoms with Crippen molar-refractivity contribution in [2.75, 3.05) is 0 Å². The van der Waals surface area contributed by atoms with Crippen molar-refractivity contribution in [1.82, 2.24) is 0 Å². The van der Waals surface area contributed by atoms with Crippen molar-refractivity contribution < 1.29 is 51.6 Å². The molecule has 7 nitrogen and oxygen atoms in total. The van der Waals surface area contributed by atoms with E-state index in [1.807, 2.05) is 0 Å². The monoisotopic (exact) mass is 255 g/mol. The van der Waals surface area contributed by atoms with Crippen molar-refractivity contribution in [2.45, 2.75) is 6.61 Å². The predicted molar refractivity (Wildman–Crippen MR) is 47.6 cm³/mol. The van der Waals surface area contributed by atoms with Crippen LogP contribution in [0.4, 0.5) is 5.69 Å². The Labute approximate surface area is 114 Å². The van der Waals surface area contributed by atoms with Gasteiger partial charge in [-0.15, -0.1) is 0 Å². The van der Waals surface area contributed by atoms with Crippen LogP contribution in [0.5, 0.6) is 0 Å². The molecular weight excluding hydrogens is 249 g/mol. The van der Waals surface area contributed by atoms with Crippen molar-refractivity contribution in [2.24, 2.45) is 0 Å². The second-order valence-electron chi connectivity index (χ2n) is 2.56. The number of rotatable bonds is 4. The number of hydrogen-bond acceptors (Lipinski definition) is 6. The van der Waals surface area contributed by atoms with Crippen LogP contribution in [0.2, 0.25) is 0 Å². The van der Waals surface area contributed by atoms with Crippen LogP contribution >= 0.6 is 0 Å². The van der Waals surface area contributed by atoms with Gasteiger partial charge in [-0.05, 0) is 6.07 Å². The Morgan fingerprint density at radius 1 is 1.31 bits per heavy atom. The number of hydrogen-bond donors (Lipinski definition) is 0. The minimum absolute atomic E-state index is 0. The first kappa shape index (κ1) is 15.5. The zero-order valence-corrected chi connectivity index (χ0v) is 11.1. The summed E-state index contributed by atoms with van der Waals surface area (Å²) in [4.78, 5) is 9.78. The van der Waals surface area contributed by atoms with Gasteiger partial charge in [0.2, 0.25) is 10.4 Å². The fraction of sp³-hybridized carbons (Fsp3) is 0.143. The predicted octanol–water partition coefficient (Wildman–Crippen LogP) is -2.42. The molecule has 0 N–H and O–H groups in total. The molecule has 0 aliphatic carbocycles. The van der Waals surface area contributed by atoms with Crippen molar-refractivity contribution in [3.8, 4) is 0 Å². The number of nitro groups is 1. The van der Waals surface area contributed by atoms with Gasteiger partial charge in [-0.2, -0.15) is 0 Å². The Bertz CT molecular complexity index is 474. The van der Waals surface area contributed by atoms with Crippen LogP contribution < -0.4 is 29.6 Å². The summed E-state index contributed by atoms with van der Waals surface area (Å²) in [6.45, 7) is -0.636. The molecule has 82 valence electrons. The molecule has 0 fully saturated rings. The van der Waals surface area contributed by atoms with Crippen molar-refractivity contribution in [3.05, 3.63) is 39.9 Å².